The third-order valence-corrected chi connectivity index (χ3v) is 16.1. The van der Waals surface area contributed by atoms with Crippen LogP contribution in [0.25, 0.3) is 0 Å². The molecule has 1 atom stereocenters. The Kier molecular flexibility index (Phi) is 66.6. The van der Waals surface area contributed by atoms with Crippen LogP contribution in [-0.4, -0.2) is 37.2 Å². The summed E-state index contributed by atoms with van der Waals surface area (Å²) in [7, 11) is 0. The van der Waals surface area contributed by atoms with Crippen LogP contribution in [0.3, 0.4) is 0 Å². The topological polar surface area (TPSA) is 78.9 Å². The first-order valence-electron chi connectivity index (χ1n) is 35.6. The zero-order valence-corrected chi connectivity index (χ0v) is 53.9. The second kappa shape index (κ2) is 68.9. The summed E-state index contributed by atoms with van der Waals surface area (Å²) in [4.78, 5) is 38.4. The molecule has 0 N–H and O–H groups in total. The van der Waals surface area contributed by atoms with Crippen molar-refractivity contribution in [1.82, 2.24) is 0 Å². The van der Waals surface area contributed by atoms with E-state index in [1.807, 2.05) is 0 Å². The molecule has 0 aliphatic carbocycles. The van der Waals surface area contributed by atoms with Gasteiger partial charge in [0.05, 0.1) is 0 Å². The molecule has 80 heavy (non-hydrogen) atoms. The number of hydrogen-bond acceptors (Lipinski definition) is 6. The van der Waals surface area contributed by atoms with Crippen LogP contribution >= 0.6 is 0 Å². The number of rotatable bonds is 66. The molecule has 0 radical (unpaired) electrons. The van der Waals surface area contributed by atoms with E-state index in [0.717, 1.165) is 96.3 Å². The van der Waals surface area contributed by atoms with Crippen LogP contribution in [0.5, 0.6) is 0 Å². The standard InChI is InChI=1S/C74H136O6/c1-4-7-10-13-16-19-22-25-28-30-32-33-34-35-36-37-38-39-40-42-43-46-49-52-55-58-61-64-67-73(76)79-70-71(69-78-72(75)66-63-60-57-54-51-48-45-27-24-21-18-15-12-9-6-3)80-74(77)68-65-62-59-56-53-50-47-44-41-31-29-26-23-20-17-14-11-8-5-2/h8,11,17,20,26,29,41,44,71H,4-7,9-10,12-16,18-19,21-25,27-28,30-40,42-43,45-70H2,1-3H3/b11-8-,20-17-,29-26-,44-41-. The molecule has 0 rings (SSSR count). The van der Waals surface area contributed by atoms with Gasteiger partial charge in [-0.2, -0.15) is 0 Å². The van der Waals surface area contributed by atoms with Gasteiger partial charge < -0.3 is 14.2 Å². The number of allylic oxidation sites excluding steroid dienone is 8. The number of unbranched alkanes of at least 4 members (excludes halogenated alkanes) is 47. The molecule has 468 valence electrons. The summed E-state index contributed by atoms with van der Waals surface area (Å²) in [5.41, 5.74) is 0. The molecule has 0 aliphatic heterocycles. The quantitative estimate of drug-likeness (QED) is 0.0261. The Labute approximate surface area is 498 Å². The van der Waals surface area contributed by atoms with Crippen molar-refractivity contribution in [3.8, 4) is 0 Å². The zero-order chi connectivity index (χ0) is 57.8. The maximum absolute atomic E-state index is 12.9. The fourth-order valence-electron chi connectivity index (χ4n) is 10.8. The van der Waals surface area contributed by atoms with Gasteiger partial charge in [0.1, 0.15) is 13.2 Å². The zero-order valence-electron chi connectivity index (χ0n) is 53.9. The normalized spacial score (nSPS) is 12.3. The van der Waals surface area contributed by atoms with Crippen molar-refractivity contribution in [1.29, 1.82) is 0 Å². The van der Waals surface area contributed by atoms with Crippen molar-refractivity contribution in [3.05, 3.63) is 48.6 Å². The van der Waals surface area contributed by atoms with Gasteiger partial charge in [-0.25, -0.2) is 0 Å². The first kappa shape index (κ1) is 77.4. The van der Waals surface area contributed by atoms with Gasteiger partial charge in [-0.3, -0.25) is 14.4 Å². The molecule has 0 aromatic heterocycles. The number of ether oxygens (including phenoxy) is 3. The lowest BCUT2D eigenvalue weighted by Gasteiger charge is -2.18. The molecule has 6 nitrogen and oxygen atoms in total. The number of hydrogen-bond donors (Lipinski definition) is 0. The molecule has 0 spiro atoms. The second-order valence-electron chi connectivity index (χ2n) is 24.1. The van der Waals surface area contributed by atoms with Crippen molar-refractivity contribution in [2.75, 3.05) is 13.2 Å². The average Bonchev–Trinajstić information content (AvgIpc) is 3.46. The van der Waals surface area contributed by atoms with E-state index in [0.29, 0.717) is 19.3 Å². The van der Waals surface area contributed by atoms with Crippen LogP contribution < -0.4 is 0 Å². The van der Waals surface area contributed by atoms with Crippen LogP contribution in [0.4, 0.5) is 0 Å². The van der Waals surface area contributed by atoms with Gasteiger partial charge in [-0.05, 0) is 57.8 Å². The molecule has 0 heterocycles. The fraction of sp³-hybridized carbons (Fsp3) is 0.851. The van der Waals surface area contributed by atoms with Crippen molar-refractivity contribution in [2.45, 2.75) is 393 Å². The monoisotopic (exact) mass is 1120 g/mol. The van der Waals surface area contributed by atoms with E-state index >= 15 is 0 Å². The lowest BCUT2D eigenvalue weighted by molar-refractivity contribution is -0.167. The smallest absolute Gasteiger partial charge is 0.306 e. The minimum Gasteiger partial charge on any atom is -0.462 e. The number of esters is 3. The van der Waals surface area contributed by atoms with E-state index in [1.165, 1.54) is 250 Å². The molecular weight excluding hydrogens is 985 g/mol. The number of carbonyl (C=O) groups excluding carboxylic acids is 3. The molecule has 0 aromatic rings. The Morgan fingerprint density at radius 3 is 0.762 bits per heavy atom. The Balaban J connectivity index is 4.23. The second-order valence-corrected chi connectivity index (χ2v) is 24.1. The minimum atomic E-state index is -0.779. The Bertz CT molecular complexity index is 1380. The predicted molar refractivity (Wildman–Crippen MR) is 349 cm³/mol. The molecule has 0 aliphatic rings. The molecule has 1 unspecified atom stereocenters. The van der Waals surface area contributed by atoms with E-state index in [1.54, 1.807) is 0 Å². The van der Waals surface area contributed by atoms with Gasteiger partial charge >= 0.3 is 17.9 Å². The van der Waals surface area contributed by atoms with E-state index in [9.17, 15) is 14.4 Å². The lowest BCUT2D eigenvalue weighted by Crippen LogP contribution is -2.30. The molecule has 0 saturated carbocycles. The molecule has 0 bridgehead atoms. The summed E-state index contributed by atoms with van der Waals surface area (Å²) in [6, 6.07) is 0. The van der Waals surface area contributed by atoms with Crippen LogP contribution in [0.15, 0.2) is 48.6 Å². The fourth-order valence-corrected chi connectivity index (χ4v) is 10.8. The highest BCUT2D eigenvalue weighted by Crippen LogP contribution is 2.19. The summed E-state index contributed by atoms with van der Waals surface area (Å²) in [5.74, 6) is -0.860. The Morgan fingerprint density at radius 1 is 0.263 bits per heavy atom. The summed E-state index contributed by atoms with van der Waals surface area (Å²) in [6.07, 6.45) is 87.2. The van der Waals surface area contributed by atoms with Crippen LogP contribution in [0.1, 0.15) is 387 Å². The van der Waals surface area contributed by atoms with Crippen LogP contribution in [0.2, 0.25) is 0 Å². The molecule has 0 aromatic carbocycles. The van der Waals surface area contributed by atoms with Gasteiger partial charge in [0.25, 0.3) is 0 Å². The van der Waals surface area contributed by atoms with Crippen molar-refractivity contribution < 1.29 is 28.6 Å². The van der Waals surface area contributed by atoms with E-state index in [2.05, 4.69) is 69.4 Å². The van der Waals surface area contributed by atoms with Gasteiger partial charge in [-0.15, -0.1) is 0 Å². The maximum Gasteiger partial charge on any atom is 0.306 e. The Morgan fingerprint density at radius 2 is 0.487 bits per heavy atom. The Hall–Kier alpha value is -2.63. The van der Waals surface area contributed by atoms with E-state index in [4.69, 9.17) is 14.2 Å². The van der Waals surface area contributed by atoms with Crippen molar-refractivity contribution in [3.63, 3.8) is 0 Å². The lowest BCUT2D eigenvalue weighted by atomic mass is 10.0. The van der Waals surface area contributed by atoms with Crippen LogP contribution in [0, 0.1) is 0 Å². The predicted octanol–water partition coefficient (Wildman–Crippen LogP) is 24.5. The molecule has 6 heteroatoms. The number of carbonyl (C=O) groups is 3. The van der Waals surface area contributed by atoms with Crippen LogP contribution in [-0.2, 0) is 28.6 Å². The molecule has 0 saturated heterocycles. The maximum atomic E-state index is 12.9. The molecular formula is C74H136O6. The summed E-state index contributed by atoms with van der Waals surface area (Å²) in [6.45, 7) is 6.59. The summed E-state index contributed by atoms with van der Waals surface area (Å²) < 4.78 is 17.0. The van der Waals surface area contributed by atoms with E-state index in [-0.39, 0.29) is 31.1 Å². The minimum absolute atomic E-state index is 0.0738. The third-order valence-electron chi connectivity index (χ3n) is 16.1. The van der Waals surface area contributed by atoms with Gasteiger partial charge in [-0.1, -0.05) is 358 Å². The van der Waals surface area contributed by atoms with E-state index < -0.39 is 6.10 Å². The first-order valence-corrected chi connectivity index (χ1v) is 35.6. The third kappa shape index (κ3) is 66.2. The summed E-state index contributed by atoms with van der Waals surface area (Å²) in [5, 5.41) is 0. The highest BCUT2D eigenvalue weighted by molar-refractivity contribution is 5.71. The SMILES string of the molecule is CC/C=C\C/C=C\C/C=C\C/C=C\CCCCCCCCC(=O)OC(COC(=O)CCCCCCCCCCCCCCCCC)COC(=O)CCCCCCCCCCCCCCCCCCCCCCCCCCCCCC. The summed E-state index contributed by atoms with van der Waals surface area (Å²) >= 11 is 0. The molecule has 0 amide bonds. The van der Waals surface area contributed by atoms with Gasteiger partial charge in [0, 0.05) is 19.3 Å². The highest BCUT2D eigenvalue weighted by Gasteiger charge is 2.19. The first-order chi connectivity index (χ1) is 39.5. The largest absolute Gasteiger partial charge is 0.462 e. The van der Waals surface area contributed by atoms with Gasteiger partial charge in [0.2, 0.25) is 0 Å². The molecule has 0 fully saturated rings. The highest BCUT2D eigenvalue weighted by atomic mass is 16.6. The average molecular weight is 1120 g/mol. The van der Waals surface area contributed by atoms with Crippen molar-refractivity contribution >= 4 is 17.9 Å². The van der Waals surface area contributed by atoms with Gasteiger partial charge in [0.15, 0.2) is 6.10 Å². The van der Waals surface area contributed by atoms with Crippen molar-refractivity contribution in [2.24, 2.45) is 0 Å².